The van der Waals surface area contributed by atoms with Crippen LogP contribution in [0.1, 0.15) is 31.8 Å². The molecule has 0 unspecified atom stereocenters. The molecule has 1 rings (SSSR count). The van der Waals surface area contributed by atoms with Crippen LogP contribution in [0, 0.1) is 23.7 Å². The number of nitrogens with zero attached hydrogens (tertiary/aromatic N) is 2. The Kier molecular flexibility index (Phi) is 4.14. The van der Waals surface area contributed by atoms with Crippen molar-refractivity contribution in [1.29, 1.82) is 5.26 Å². The molecule has 16 heavy (non-hydrogen) atoms. The van der Waals surface area contributed by atoms with E-state index in [1.54, 1.807) is 0 Å². The van der Waals surface area contributed by atoms with E-state index in [2.05, 4.69) is 11.0 Å². The predicted molar refractivity (Wildman–Crippen MR) is 63.8 cm³/mol. The summed E-state index contributed by atoms with van der Waals surface area (Å²) in [6.45, 7) is 7.59. The third kappa shape index (κ3) is 4.08. The second-order valence-corrected chi connectivity index (χ2v) is 5.00. The maximum absolute atomic E-state index is 8.91. The standard InChI is InChI=1S/C13H20N2O/c1-11-5-6-12(16-11)9-15(4)8-7-13(2,3)10-14/h5-6H,7-9H2,1-4H3. The van der Waals surface area contributed by atoms with Crippen molar-refractivity contribution in [2.24, 2.45) is 5.41 Å². The first kappa shape index (κ1) is 12.8. The lowest BCUT2D eigenvalue weighted by Crippen LogP contribution is -2.23. The van der Waals surface area contributed by atoms with Gasteiger partial charge >= 0.3 is 0 Å². The quantitative estimate of drug-likeness (QED) is 0.766. The second kappa shape index (κ2) is 5.18. The molecule has 0 bridgehead atoms. The van der Waals surface area contributed by atoms with Crippen LogP contribution in [0.3, 0.4) is 0 Å². The minimum absolute atomic E-state index is 0.243. The molecule has 1 aromatic heterocycles. The third-order valence-electron chi connectivity index (χ3n) is 2.64. The molecule has 3 nitrogen and oxygen atoms in total. The fraction of sp³-hybridized carbons (Fsp3) is 0.615. The lowest BCUT2D eigenvalue weighted by molar-refractivity contribution is 0.259. The Hall–Kier alpha value is -1.27. The Morgan fingerprint density at radius 1 is 1.44 bits per heavy atom. The zero-order valence-corrected chi connectivity index (χ0v) is 10.6. The van der Waals surface area contributed by atoms with Gasteiger partial charge in [0.1, 0.15) is 11.5 Å². The van der Waals surface area contributed by atoms with Gasteiger partial charge in [-0.25, -0.2) is 0 Å². The molecule has 0 radical (unpaired) electrons. The number of hydrogen-bond donors (Lipinski definition) is 0. The zero-order valence-electron chi connectivity index (χ0n) is 10.6. The third-order valence-corrected chi connectivity index (χ3v) is 2.64. The molecule has 3 heteroatoms. The van der Waals surface area contributed by atoms with Crippen molar-refractivity contribution in [2.45, 2.75) is 33.7 Å². The molecule has 0 fully saturated rings. The molecular formula is C13H20N2O. The highest BCUT2D eigenvalue weighted by Gasteiger charge is 2.17. The van der Waals surface area contributed by atoms with E-state index < -0.39 is 0 Å². The molecule has 0 aromatic carbocycles. The van der Waals surface area contributed by atoms with Crippen LogP contribution in [0.15, 0.2) is 16.5 Å². The topological polar surface area (TPSA) is 40.2 Å². The fourth-order valence-electron chi connectivity index (χ4n) is 1.44. The van der Waals surface area contributed by atoms with E-state index >= 15 is 0 Å². The van der Waals surface area contributed by atoms with Crippen LogP contribution in [-0.4, -0.2) is 18.5 Å². The predicted octanol–water partition coefficient (Wildman–Crippen LogP) is 2.96. The summed E-state index contributed by atoms with van der Waals surface area (Å²) in [4.78, 5) is 2.18. The van der Waals surface area contributed by atoms with Gasteiger partial charge in [-0.15, -0.1) is 0 Å². The van der Waals surface area contributed by atoms with Crippen molar-refractivity contribution in [3.8, 4) is 6.07 Å². The first-order valence-electron chi connectivity index (χ1n) is 5.58. The van der Waals surface area contributed by atoms with Gasteiger partial charge in [-0.2, -0.15) is 5.26 Å². The van der Waals surface area contributed by atoms with Crippen molar-refractivity contribution in [3.05, 3.63) is 23.7 Å². The highest BCUT2D eigenvalue weighted by Crippen LogP contribution is 2.19. The minimum Gasteiger partial charge on any atom is -0.465 e. The van der Waals surface area contributed by atoms with Gasteiger partial charge < -0.3 is 4.42 Å². The normalized spacial score (nSPS) is 11.8. The van der Waals surface area contributed by atoms with Crippen molar-refractivity contribution in [1.82, 2.24) is 4.90 Å². The molecule has 0 aliphatic carbocycles. The summed E-state index contributed by atoms with van der Waals surface area (Å²) in [6.07, 6.45) is 0.875. The summed E-state index contributed by atoms with van der Waals surface area (Å²) >= 11 is 0. The lowest BCUT2D eigenvalue weighted by Gasteiger charge is -2.20. The van der Waals surface area contributed by atoms with Crippen LogP contribution in [0.4, 0.5) is 0 Å². The van der Waals surface area contributed by atoms with E-state index in [-0.39, 0.29) is 5.41 Å². The monoisotopic (exact) mass is 220 g/mol. The van der Waals surface area contributed by atoms with Crippen LogP contribution >= 0.6 is 0 Å². The van der Waals surface area contributed by atoms with Crippen LogP contribution < -0.4 is 0 Å². The number of hydrogen-bond acceptors (Lipinski definition) is 3. The summed E-state index contributed by atoms with van der Waals surface area (Å²) in [5, 5.41) is 8.91. The lowest BCUT2D eigenvalue weighted by atomic mass is 9.91. The molecule has 0 spiro atoms. The molecule has 88 valence electrons. The molecule has 0 saturated heterocycles. The van der Waals surface area contributed by atoms with Gasteiger partial charge in [0.15, 0.2) is 0 Å². The average Bonchev–Trinajstić information content (AvgIpc) is 2.61. The molecule has 0 aliphatic heterocycles. The summed E-state index contributed by atoms with van der Waals surface area (Å²) in [5.41, 5.74) is -0.243. The number of aryl methyl sites for hydroxylation is 1. The molecule has 1 aromatic rings. The van der Waals surface area contributed by atoms with Gasteiger partial charge in [-0.05, 0) is 52.9 Å². The van der Waals surface area contributed by atoms with Gasteiger partial charge in [0.05, 0.1) is 18.0 Å². The summed E-state index contributed by atoms with van der Waals surface area (Å²) < 4.78 is 5.51. The number of rotatable bonds is 5. The first-order valence-corrected chi connectivity index (χ1v) is 5.58. The fourth-order valence-corrected chi connectivity index (χ4v) is 1.44. The van der Waals surface area contributed by atoms with Gasteiger partial charge in [-0.1, -0.05) is 0 Å². The highest BCUT2D eigenvalue weighted by molar-refractivity contribution is 5.05. The van der Waals surface area contributed by atoms with Gasteiger partial charge in [0.2, 0.25) is 0 Å². The second-order valence-electron chi connectivity index (χ2n) is 5.00. The molecular weight excluding hydrogens is 200 g/mol. The first-order chi connectivity index (χ1) is 7.43. The molecule has 0 atom stereocenters. The Morgan fingerprint density at radius 2 is 2.12 bits per heavy atom. The van der Waals surface area contributed by atoms with Crippen LogP contribution in [-0.2, 0) is 6.54 Å². The van der Waals surface area contributed by atoms with Crippen molar-refractivity contribution >= 4 is 0 Å². The van der Waals surface area contributed by atoms with E-state index in [9.17, 15) is 0 Å². The van der Waals surface area contributed by atoms with E-state index in [1.165, 1.54) is 0 Å². The van der Waals surface area contributed by atoms with Crippen LogP contribution in [0.25, 0.3) is 0 Å². The maximum Gasteiger partial charge on any atom is 0.118 e. The SMILES string of the molecule is Cc1ccc(CN(C)CCC(C)(C)C#N)o1. The highest BCUT2D eigenvalue weighted by atomic mass is 16.3. The molecule has 0 saturated carbocycles. The summed E-state index contributed by atoms with van der Waals surface area (Å²) in [6, 6.07) is 6.29. The minimum atomic E-state index is -0.243. The molecule has 1 heterocycles. The van der Waals surface area contributed by atoms with Gasteiger partial charge in [0.25, 0.3) is 0 Å². The Labute approximate surface area is 97.7 Å². The largest absolute Gasteiger partial charge is 0.465 e. The van der Waals surface area contributed by atoms with E-state index in [0.717, 1.165) is 31.0 Å². The van der Waals surface area contributed by atoms with Gasteiger partial charge in [0, 0.05) is 0 Å². The van der Waals surface area contributed by atoms with E-state index in [0.29, 0.717) is 0 Å². The number of nitriles is 1. The van der Waals surface area contributed by atoms with Gasteiger partial charge in [-0.3, -0.25) is 4.90 Å². The van der Waals surface area contributed by atoms with Crippen molar-refractivity contribution in [3.63, 3.8) is 0 Å². The molecule has 0 N–H and O–H groups in total. The van der Waals surface area contributed by atoms with E-state index in [4.69, 9.17) is 9.68 Å². The van der Waals surface area contributed by atoms with Crippen LogP contribution in [0.5, 0.6) is 0 Å². The molecule has 0 aliphatic rings. The van der Waals surface area contributed by atoms with Crippen LogP contribution in [0.2, 0.25) is 0 Å². The Bertz CT molecular complexity index is 374. The molecule has 0 amide bonds. The summed E-state index contributed by atoms with van der Waals surface area (Å²) in [5.74, 6) is 1.93. The Balaban J connectivity index is 2.37. The number of furan rings is 1. The summed E-state index contributed by atoms with van der Waals surface area (Å²) in [7, 11) is 2.05. The Morgan fingerprint density at radius 3 is 2.62 bits per heavy atom. The average molecular weight is 220 g/mol. The smallest absolute Gasteiger partial charge is 0.118 e. The van der Waals surface area contributed by atoms with Crippen molar-refractivity contribution < 1.29 is 4.42 Å². The zero-order chi connectivity index (χ0) is 12.2. The van der Waals surface area contributed by atoms with E-state index in [1.807, 2.05) is 40.0 Å². The van der Waals surface area contributed by atoms with Crippen molar-refractivity contribution in [2.75, 3.05) is 13.6 Å². The maximum atomic E-state index is 8.91.